The molecule has 1 aliphatic rings. The van der Waals surface area contributed by atoms with Gasteiger partial charge in [-0.3, -0.25) is 4.99 Å². The molecule has 0 aliphatic carbocycles. The zero-order chi connectivity index (χ0) is 14.3. The van der Waals surface area contributed by atoms with Crippen LogP contribution in [0.2, 0.25) is 0 Å². The fourth-order valence-corrected chi connectivity index (χ4v) is 2.19. The highest BCUT2D eigenvalue weighted by Gasteiger charge is 2.18. The molecule has 1 aliphatic heterocycles. The quantitative estimate of drug-likeness (QED) is 0.574. The Balaban J connectivity index is 2.28. The molecular formula is C14H30N4O. The van der Waals surface area contributed by atoms with Crippen molar-refractivity contribution in [1.29, 1.82) is 0 Å². The summed E-state index contributed by atoms with van der Waals surface area (Å²) >= 11 is 0. The molecule has 0 aromatic carbocycles. The van der Waals surface area contributed by atoms with E-state index in [1.165, 1.54) is 0 Å². The third-order valence-corrected chi connectivity index (χ3v) is 3.76. The van der Waals surface area contributed by atoms with Crippen LogP contribution in [0.1, 0.15) is 20.3 Å². The van der Waals surface area contributed by atoms with Gasteiger partial charge in [0.25, 0.3) is 0 Å². The zero-order valence-electron chi connectivity index (χ0n) is 13.1. The van der Waals surface area contributed by atoms with Crippen LogP contribution in [0.5, 0.6) is 0 Å². The highest BCUT2D eigenvalue weighted by molar-refractivity contribution is 5.79. The molecular weight excluding hydrogens is 240 g/mol. The molecule has 0 saturated carbocycles. The summed E-state index contributed by atoms with van der Waals surface area (Å²) in [6.45, 7) is 9.17. The number of hydrogen-bond donors (Lipinski definition) is 1. The lowest BCUT2D eigenvalue weighted by molar-refractivity contribution is 0.181. The number of guanidine groups is 1. The van der Waals surface area contributed by atoms with Crippen molar-refractivity contribution in [1.82, 2.24) is 15.1 Å². The van der Waals surface area contributed by atoms with Gasteiger partial charge in [0, 0.05) is 52.3 Å². The Morgan fingerprint density at radius 2 is 2.16 bits per heavy atom. The molecule has 5 heteroatoms. The first-order valence-corrected chi connectivity index (χ1v) is 7.24. The minimum atomic E-state index is 0.581. The Kier molecular flexibility index (Phi) is 7.16. The van der Waals surface area contributed by atoms with E-state index in [0.29, 0.717) is 12.0 Å². The number of rotatable bonds is 6. The van der Waals surface area contributed by atoms with Crippen LogP contribution in [0.15, 0.2) is 4.99 Å². The lowest BCUT2D eigenvalue weighted by Crippen LogP contribution is -2.44. The molecule has 1 N–H and O–H groups in total. The number of likely N-dealkylation sites (N-methyl/N-ethyl adjacent to an activating group) is 1. The number of ether oxygens (including phenoxy) is 1. The molecule has 5 nitrogen and oxygen atoms in total. The minimum Gasteiger partial charge on any atom is -0.381 e. The normalized spacial score (nSPS) is 20.4. The predicted octanol–water partition coefficient (Wildman–Crippen LogP) is 0.870. The summed E-state index contributed by atoms with van der Waals surface area (Å²) in [6, 6.07) is 0.581. The predicted molar refractivity (Wildman–Crippen MR) is 80.7 cm³/mol. The van der Waals surface area contributed by atoms with Gasteiger partial charge in [0.15, 0.2) is 5.96 Å². The summed E-state index contributed by atoms with van der Waals surface area (Å²) in [7, 11) is 6.09. The average molecular weight is 270 g/mol. The fraction of sp³-hybridized carbons (Fsp3) is 0.929. The second-order valence-electron chi connectivity index (χ2n) is 5.66. The van der Waals surface area contributed by atoms with Gasteiger partial charge in [0.2, 0.25) is 0 Å². The number of aliphatic imine (C=N–C) groups is 1. The van der Waals surface area contributed by atoms with Crippen LogP contribution in [0.3, 0.4) is 0 Å². The molecule has 1 unspecified atom stereocenters. The fourth-order valence-electron chi connectivity index (χ4n) is 2.19. The van der Waals surface area contributed by atoms with E-state index in [-0.39, 0.29) is 0 Å². The first-order chi connectivity index (χ1) is 9.04. The highest BCUT2D eigenvalue weighted by atomic mass is 16.5. The molecule has 1 heterocycles. The average Bonchev–Trinajstić information content (AvgIpc) is 2.86. The summed E-state index contributed by atoms with van der Waals surface area (Å²) < 4.78 is 5.42. The summed E-state index contributed by atoms with van der Waals surface area (Å²) in [5, 5.41) is 3.42. The van der Waals surface area contributed by atoms with Gasteiger partial charge in [-0.15, -0.1) is 0 Å². The monoisotopic (exact) mass is 270 g/mol. The van der Waals surface area contributed by atoms with Crippen LogP contribution in [0.4, 0.5) is 0 Å². The smallest absolute Gasteiger partial charge is 0.193 e. The van der Waals surface area contributed by atoms with Gasteiger partial charge in [-0.2, -0.15) is 0 Å². The Morgan fingerprint density at radius 3 is 2.68 bits per heavy atom. The Bertz CT molecular complexity index is 275. The summed E-state index contributed by atoms with van der Waals surface area (Å²) in [5.41, 5.74) is 0. The van der Waals surface area contributed by atoms with E-state index < -0.39 is 0 Å². The summed E-state index contributed by atoms with van der Waals surface area (Å²) in [6.07, 6.45) is 1.16. The molecule has 1 saturated heterocycles. The molecule has 0 aromatic rings. The molecule has 0 amide bonds. The SMILES string of the molecule is CN=C(NCCN(C)C(C)C)N(C)CC1CCOC1. The van der Waals surface area contributed by atoms with Crippen molar-refractivity contribution in [3.05, 3.63) is 0 Å². The van der Waals surface area contributed by atoms with Crippen LogP contribution in [0, 0.1) is 5.92 Å². The number of hydrogen-bond acceptors (Lipinski definition) is 3. The van der Waals surface area contributed by atoms with Crippen molar-refractivity contribution in [2.24, 2.45) is 10.9 Å². The van der Waals surface area contributed by atoms with Crippen molar-refractivity contribution in [3.63, 3.8) is 0 Å². The van der Waals surface area contributed by atoms with E-state index >= 15 is 0 Å². The van der Waals surface area contributed by atoms with Gasteiger partial charge >= 0.3 is 0 Å². The third kappa shape index (κ3) is 5.78. The maximum absolute atomic E-state index is 5.42. The second kappa shape index (κ2) is 8.38. The Labute approximate surface area is 118 Å². The first kappa shape index (κ1) is 16.2. The van der Waals surface area contributed by atoms with E-state index in [1.54, 1.807) is 0 Å². The van der Waals surface area contributed by atoms with E-state index in [1.807, 2.05) is 7.05 Å². The molecule has 0 bridgehead atoms. The van der Waals surface area contributed by atoms with E-state index in [2.05, 4.69) is 48.1 Å². The third-order valence-electron chi connectivity index (χ3n) is 3.76. The molecule has 1 atom stereocenters. The molecule has 0 spiro atoms. The van der Waals surface area contributed by atoms with Gasteiger partial charge in [-0.05, 0) is 27.3 Å². The molecule has 0 radical (unpaired) electrons. The van der Waals surface area contributed by atoms with Gasteiger partial charge < -0.3 is 19.9 Å². The van der Waals surface area contributed by atoms with E-state index in [9.17, 15) is 0 Å². The van der Waals surface area contributed by atoms with Crippen molar-refractivity contribution in [2.45, 2.75) is 26.3 Å². The minimum absolute atomic E-state index is 0.581. The largest absolute Gasteiger partial charge is 0.381 e. The number of nitrogens with zero attached hydrogens (tertiary/aromatic N) is 3. The molecule has 0 aromatic heterocycles. The van der Waals surface area contributed by atoms with Crippen molar-refractivity contribution < 1.29 is 4.74 Å². The van der Waals surface area contributed by atoms with Crippen LogP contribution >= 0.6 is 0 Å². The number of nitrogens with one attached hydrogen (secondary N) is 1. The summed E-state index contributed by atoms with van der Waals surface area (Å²) in [4.78, 5) is 8.87. The topological polar surface area (TPSA) is 40.1 Å². The Hall–Kier alpha value is -0.810. The van der Waals surface area contributed by atoms with Crippen LogP contribution in [-0.4, -0.2) is 75.8 Å². The molecule has 1 fully saturated rings. The van der Waals surface area contributed by atoms with Crippen molar-refractivity contribution in [3.8, 4) is 0 Å². The van der Waals surface area contributed by atoms with Gasteiger partial charge in [-0.1, -0.05) is 0 Å². The van der Waals surface area contributed by atoms with Crippen LogP contribution in [0.25, 0.3) is 0 Å². The molecule has 112 valence electrons. The van der Waals surface area contributed by atoms with Gasteiger partial charge in [0.05, 0.1) is 6.61 Å². The standard InChI is InChI=1S/C14H30N4O/c1-12(2)17(4)8-7-16-14(15-3)18(5)10-13-6-9-19-11-13/h12-13H,6-11H2,1-5H3,(H,15,16). The van der Waals surface area contributed by atoms with E-state index in [0.717, 1.165) is 45.2 Å². The molecule has 1 rings (SSSR count). The second-order valence-corrected chi connectivity index (χ2v) is 5.66. The van der Waals surface area contributed by atoms with E-state index in [4.69, 9.17) is 4.74 Å². The lowest BCUT2D eigenvalue weighted by atomic mass is 10.1. The first-order valence-electron chi connectivity index (χ1n) is 7.24. The maximum Gasteiger partial charge on any atom is 0.193 e. The Morgan fingerprint density at radius 1 is 1.42 bits per heavy atom. The van der Waals surface area contributed by atoms with Crippen molar-refractivity contribution in [2.75, 3.05) is 54.0 Å². The van der Waals surface area contributed by atoms with Crippen LogP contribution in [-0.2, 0) is 4.74 Å². The molecule has 19 heavy (non-hydrogen) atoms. The van der Waals surface area contributed by atoms with Gasteiger partial charge in [-0.25, -0.2) is 0 Å². The lowest BCUT2D eigenvalue weighted by Gasteiger charge is -2.26. The van der Waals surface area contributed by atoms with Crippen molar-refractivity contribution >= 4 is 5.96 Å². The highest BCUT2D eigenvalue weighted by Crippen LogP contribution is 2.13. The zero-order valence-corrected chi connectivity index (χ0v) is 13.1. The maximum atomic E-state index is 5.42. The van der Waals surface area contributed by atoms with Crippen LogP contribution < -0.4 is 5.32 Å². The summed E-state index contributed by atoms with van der Waals surface area (Å²) in [5.74, 6) is 1.62. The van der Waals surface area contributed by atoms with Gasteiger partial charge in [0.1, 0.15) is 0 Å².